The van der Waals surface area contributed by atoms with Gasteiger partial charge in [0.25, 0.3) is 0 Å². The predicted octanol–water partition coefficient (Wildman–Crippen LogP) is 1.75. The van der Waals surface area contributed by atoms with Crippen LogP contribution in [0.15, 0.2) is 18.6 Å². The molecular weight excluding hydrogens is 238 g/mol. The average Bonchev–Trinajstić information content (AvgIpc) is 2.91. The van der Waals surface area contributed by atoms with Gasteiger partial charge in [0.15, 0.2) is 0 Å². The summed E-state index contributed by atoms with van der Waals surface area (Å²) >= 11 is 0. The topological polar surface area (TPSA) is 47.7 Å². The minimum atomic E-state index is 0.280. The number of rotatable bonds is 6. The van der Waals surface area contributed by atoms with Crippen LogP contribution in [0.2, 0.25) is 0 Å². The van der Waals surface area contributed by atoms with Crippen molar-refractivity contribution in [3.8, 4) is 0 Å². The Morgan fingerprint density at radius 1 is 1.37 bits per heavy atom. The molecule has 0 saturated carbocycles. The van der Waals surface area contributed by atoms with Gasteiger partial charge >= 0.3 is 0 Å². The maximum atomic E-state index is 4.41. The van der Waals surface area contributed by atoms with Gasteiger partial charge in [0.05, 0.1) is 23.8 Å². The van der Waals surface area contributed by atoms with Gasteiger partial charge in [0, 0.05) is 32.4 Å². The highest BCUT2D eigenvalue weighted by atomic mass is 15.3. The molecule has 1 N–H and O–H groups in total. The van der Waals surface area contributed by atoms with Crippen LogP contribution in [0.1, 0.15) is 36.5 Å². The second-order valence-corrected chi connectivity index (χ2v) is 5.04. The summed E-state index contributed by atoms with van der Waals surface area (Å²) < 4.78 is 4.04. The quantitative estimate of drug-likeness (QED) is 0.861. The van der Waals surface area contributed by atoms with Crippen LogP contribution in [0.25, 0.3) is 0 Å². The summed E-state index contributed by atoms with van der Waals surface area (Å²) in [6.45, 7) is 5.22. The molecule has 2 rings (SSSR count). The lowest BCUT2D eigenvalue weighted by molar-refractivity contribution is 0.490. The summed E-state index contributed by atoms with van der Waals surface area (Å²) in [6, 6.07) is 2.43. The normalized spacial score (nSPS) is 12.8. The first-order valence-corrected chi connectivity index (χ1v) is 6.81. The third kappa shape index (κ3) is 3.23. The van der Waals surface area contributed by atoms with E-state index in [1.807, 2.05) is 38.2 Å². The van der Waals surface area contributed by atoms with Gasteiger partial charge in [0.1, 0.15) is 0 Å². The molecule has 0 spiro atoms. The maximum absolute atomic E-state index is 4.41. The van der Waals surface area contributed by atoms with Gasteiger partial charge in [-0.15, -0.1) is 0 Å². The highest BCUT2D eigenvalue weighted by Crippen LogP contribution is 2.18. The van der Waals surface area contributed by atoms with Crippen molar-refractivity contribution < 1.29 is 0 Å². The Morgan fingerprint density at radius 2 is 2.16 bits per heavy atom. The monoisotopic (exact) mass is 261 g/mol. The Kier molecular flexibility index (Phi) is 4.37. The highest BCUT2D eigenvalue weighted by Gasteiger charge is 2.16. The minimum absolute atomic E-state index is 0.280. The number of hydrogen-bond acceptors (Lipinski definition) is 3. The number of nitrogens with zero attached hydrogens (tertiary/aromatic N) is 4. The molecular formula is C14H23N5. The van der Waals surface area contributed by atoms with Crippen molar-refractivity contribution in [3.63, 3.8) is 0 Å². The third-order valence-electron chi connectivity index (χ3n) is 3.36. The number of aryl methyl sites for hydroxylation is 3. The van der Waals surface area contributed by atoms with E-state index >= 15 is 0 Å². The molecule has 0 fully saturated rings. The van der Waals surface area contributed by atoms with E-state index in [0.717, 1.165) is 25.1 Å². The highest BCUT2D eigenvalue weighted by molar-refractivity contribution is 5.14. The second kappa shape index (κ2) is 6.02. The molecule has 2 aromatic rings. The first-order chi connectivity index (χ1) is 9.11. The lowest BCUT2D eigenvalue weighted by Gasteiger charge is -2.19. The number of hydrogen-bond donors (Lipinski definition) is 1. The van der Waals surface area contributed by atoms with Gasteiger partial charge in [-0.05, 0) is 26.0 Å². The molecule has 0 aliphatic heterocycles. The van der Waals surface area contributed by atoms with Crippen molar-refractivity contribution in [2.45, 2.75) is 32.7 Å². The van der Waals surface area contributed by atoms with Crippen LogP contribution in [0.4, 0.5) is 0 Å². The molecule has 0 amide bonds. The Morgan fingerprint density at radius 3 is 2.68 bits per heavy atom. The van der Waals surface area contributed by atoms with Gasteiger partial charge in [-0.1, -0.05) is 6.92 Å². The van der Waals surface area contributed by atoms with E-state index < -0.39 is 0 Å². The molecule has 1 unspecified atom stereocenters. The van der Waals surface area contributed by atoms with Gasteiger partial charge < -0.3 is 9.88 Å². The second-order valence-electron chi connectivity index (χ2n) is 5.04. The fourth-order valence-electron chi connectivity index (χ4n) is 2.37. The molecule has 0 bridgehead atoms. The fraction of sp³-hybridized carbons (Fsp3) is 0.571. The molecule has 0 radical (unpaired) electrons. The average molecular weight is 261 g/mol. The van der Waals surface area contributed by atoms with Gasteiger partial charge in [-0.3, -0.25) is 4.68 Å². The van der Waals surface area contributed by atoms with Crippen LogP contribution in [-0.4, -0.2) is 25.9 Å². The Labute approximate surface area is 114 Å². The van der Waals surface area contributed by atoms with Crippen LogP contribution in [0, 0.1) is 6.92 Å². The van der Waals surface area contributed by atoms with Crippen molar-refractivity contribution in [1.29, 1.82) is 0 Å². The number of aromatic nitrogens is 4. The van der Waals surface area contributed by atoms with Crippen molar-refractivity contribution in [3.05, 3.63) is 35.7 Å². The van der Waals surface area contributed by atoms with Crippen molar-refractivity contribution >= 4 is 0 Å². The Balaban J connectivity index is 2.19. The molecule has 0 aliphatic rings. The van der Waals surface area contributed by atoms with Crippen LogP contribution in [0.5, 0.6) is 0 Å². The molecule has 5 heteroatoms. The van der Waals surface area contributed by atoms with Crippen LogP contribution >= 0.6 is 0 Å². The lowest BCUT2D eigenvalue weighted by atomic mass is 10.1. The summed E-state index contributed by atoms with van der Waals surface area (Å²) in [5, 5.41) is 8.01. The van der Waals surface area contributed by atoms with E-state index in [1.165, 1.54) is 11.4 Å². The fourth-order valence-corrected chi connectivity index (χ4v) is 2.37. The maximum Gasteiger partial charge on any atom is 0.0946 e. The first kappa shape index (κ1) is 13.8. The Bertz CT molecular complexity index is 526. The largest absolute Gasteiger partial charge is 0.336 e. The van der Waals surface area contributed by atoms with E-state index in [4.69, 9.17) is 0 Å². The van der Waals surface area contributed by atoms with Crippen LogP contribution < -0.4 is 5.32 Å². The zero-order valence-electron chi connectivity index (χ0n) is 12.2. The summed E-state index contributed by atoms with van der Waals surface area (Å²) in [5.74, 6) is 0. The molecule has 5 nitrogen and oxygen atoms in total. The standard InChI is InChI=1S/C14H23N5/c1-5-6-16-13(14-9-15-10-18(14)3)8-12-7-11(2)17-19(12)4/h7,9-10,13,16H,5-6,8H2,1-4H3. The summed E-state index contributed by atoms with van der Waals surface area (Å²) in [6.07, 6.45) is 5.84. The SMILES string of the molecule is CCCNC(Cc1cc(C)nn1C)c1cncn1C. The van der Waals surface area contributed by atoms with Crippen molar-refractivity contribution in [2.75, 3.05) is 6.54 Å². The van der Waals surface area contributed by atoms with Crippen LogP contribution in [-0.2, 0) is 20.5 Å². The zero-order chi connectivity index (χ0) is 13.8. The van der Waals surface area contributed by atoms with E-state index in [0.29, 0.717) is 0 Å². The Hall–Kier alpha value is -1.62. The predicted molar refractivity (Wildman–Crippen MR) is 75.9 cm³/mol. The summed E-state index contributed by atoms with van der Waals surface area (Å²) in [7, 11) is 4.04. The molecule has 104 valence electrons. The van der Waals surface area contributed by atoms with Gasteiger partial charge in [0.2, 0.25) is 0 Å². The molecule has 2 heterocycles. The van der Waals surface area contributed by atoms with Gasteiger partial charge in [-0.25, -0.2) is 4.98 Å². The zero-order valence-corrected chi connectivity index (χ0v) is 12.2. The molecule has 2 aromatic heterocycles. The van der Waals surface area contributed by atoms with E-state index in [1.54, 1.807) is 0 Å². The number of imidazole rings is 1. The molecule has 0 aromatic carbocycles. The van der Waals surface area contributed by atoms with E-state index in [9.17, 15) is 0 Å². The van der Waals surface area contributed by atoms with E-state index in [2.05, 4.69) is 33.0 Å². The summed E-state index contributed by atoms with van der Waals surface area (Å²) in [5.41, 5.74) is 3.52. The van der Waals surface area contributed by atoms with E-state index in [-0.39, 0.29) is 6.04 Å². The minimum Gasteiger partial charge on any atom is -0.336 e. The lowest BCUT2D eigenvalue weighted by Crippen LogP contribution is -2.26. The molecule has 19 heavy (non-hydrogen) atoms. The van der Waals surface area contributed by atoms with Crippen molar-refractivity contribution in [2.24, 2.45) is 14.1 Å². The molecule has 0 aliphatic carbocycles. The third-order valence-corrected chi connectivity index (χ3v) is 3.36. The first-order valence-electron chi connectivity index (χ1n) is 6.81. The molecule has 0 saturated heterocycles. The molecule has 1 atom stereocenters. The van der Waals surface area contributed by atoms with Crippen molar-refractivity contribution in [1.82, 2.24) is 24.6 Å². The van der Waals surface area contributed by atoms with Gasteiger partial charge in [-0.2, -0.15) is 5.10 Å². The smallest absolute Gasteiger partial charge is 0.0946 e. The van der Waals surface area contributed by atoms with Crippen LogP contribution in [0.3, 0.4) is 0 Å². The summed E-state index contributed by atoms with van der Waals surface area (Å²) in [4.78, 5) is 4.22. The number of nitrogens with one attached hydrogen (secondary N) is 1.